The van der Waals surface area contributed by atoms with Crippen LogP contribution < -0.4 is 10.1 Å². The van der Waals surface area contributed by atoms with Gasteiger partial charge in [-0.1, -0.05) is 12.1 Å². The molecule has 0 atom stereocenters. The third-order valence-electron chi connectivity index (χ3n) is 3.82. The molecule has 0 bridgehead atoms. The maximum Gasteiger partial charge on any atom is 0.176 e. The highest BCUT2D eigenvalue weighted by Gasteiger charge is 2.33. The summed E-state index contributed by atoms with van der Waals surface area (Å²) in [6.07, 6.45) is 2.92. The van der Waals surface area contributed by atoms with Gasteiger partial charge in [-0.05, 0) is 31.4 Å². The highest BCUT2D eigenvalue weighted by atomic mass is 16.5. The lowest BCUT2D eigenvalue weighted by Crippen LogP contribution is -2.45. The van der Waals surface area contributed by atoms with Crippen molar-refractivity contribution in [3.63, 3.8) is 0 Å². The minimum Gasteiger partial charge on any atom is -0.493 e. The third kappa shape index (κ3) is 2.46. The minimum absolute atomic E-state index is 0.496. The highest BCUT2D eigenvalue weighted by molar-refractivity contribution is 5.83. The van der Waals surface area contributed by atoms with E-state index < -0.39 is 5.60 Å². The Kier molecular flexibility index (Phi) is 3.21. The number of para-hydroxylation sites is 1. The zero-order chi connectivity index (χ0) is 13.3. The molecule has 1 aromatic heterocycles. The Balaban J connectivity index is 1.68. The second-order valence-corrected chi connectivity index (χ2v) is 5.27. The van der Waals surface area contributed by atoms with E-state index >= 15 is 0 Å². The Morgan fingerprint density at radius 2 is 2.26 bits per heavy atom. The zero-order valence-electron chi connectivity index (χ0n) is 11.1. The van der Waals surface area contributed by atoms with E-state index in [2.05, 4.69) is 5.32 Å². The quantitative estimate of drug-likeness (QED) is 0.868. The van der Waals surface area contributed by atoms with Crippen LogP contribution in [0.2, 0.25) is 0 Å². The smallest absolute Gasteiger partial charge is 0.176 e. The van der Waals surface area contributed by atoms with Gasteiger partial charge in [0.15, 0.2) is 11.3 Å². The van der Waals surface area contributed by atoms with Gasteiger partial charge >= 0.3 is 0 Å². The van der Waals surface area contributed by atoms with Gasteiger partial charge in [0.1, 0.15) is 5.76 Å². The van der Waals surface area contributed by atoms with Gasteiger partial charge in [0.25, 0.3) is 0 Å². The van der Waals surface area contributed by atoms with E-state index in [1.165, 1.54) is 0 Å². The third-order valence-corrected chi connectivity index (χ3v) is 3.82. The van der Waals surface area contributed by atoms with Crippen LogP contribution in [0.25, 0.3) is 11.0 Å². The lowest BCUT2D eigenvalue weighted by molar-refractivity contribution is -0.0317. The maximum absolute atomic E-state index is 10.00. The molecule has 1 aromatic carbocycles. The average Bonchev–Trinajstić information content (AvgIpc) is 2.79. The van der Waals surface area contributed by atoms with Gasteiger partial charge in [-0.15, -0.1) is 0 Å². The van der Waals surface area contributed by atoms with Crippen LogP contribution in [-0.2, 0) is 6.54 Å². The van der Waals surface area contributed by atoms with Gasteiger partial charge in [0, 0.05) is 11.9 Å². The molecule has 0 aliphatic heterocycles. The molecule has 0 amide bonds. The number of hydrogen-bond acceptors (Lipinski definition) is 4. The number of hydrogen-bond donors (Lipinski definition) is 2. The summed E-state index contributed by atoms with van der Waals surface area (Å²) in [7, 11) is 1.64. The molecule has 1 fully saturated rings. The van der Waals surface area contributed by atoms with Crippen molar-refractivity contribution in [3.05, 3.63) is 30.0 Å². The van der Waals surface area contributed by atoms with Crippen LogP contribution in [0.5, 0.6) is 5.75 Å². The fourth-order valence-corrected chi connectivity index (χ4v) is 2.52. The Labute approximate surface area is 112 Å². The van der Waals surface area contributed by atoms with Crippen LogP contribution in [-0.4, -0.2) is 24.4 Å². The Hall–Kier alpha value is -1.52. The molecule has 0 saturated heterocycles. The second-order valence-electron chi connectivity index (χ2n) is 5.27. The predicted octanol–water partition coefficient (Wildman–Crippen LogP) is 2.45. The molecule has 0 unspecified atom stereocenters. The van der Waals surface area contributed by atoms with Gasteiger partial charge in [0.05, 0.1) is 19.3 Å². The molecule has 1 aliphatic carbocycles. The van der Waals surface area contributed by atoms with E-state index in [1.807, 2.05) is 24.3 Å². The van der Waals surface area contributed by atoms with Crippen molar-refractivity contribution in [2.75, 3.05) is 13.7 Å². The molecule has 0 radical (unpaired) electrons. The van der Waals surface area contributed by atoms with Crippen LogP contribution in [0, 0.1) is 0 Å². The van der Waals surface area contributed by atoms with Crippen molar-refractivity contribution in [2.45, 2.75) is 31.4 Å². The zero-order valence-corrected chi connectivity index (χ0v) is 11.1. The molecule has 1 aliphatic rings. The number of methoxy groups -OCH3 is 1. The summed E-state index contributed by atoms with van der Waals surface area (Å²) in [5.74, 6) is 1.61. The standard InChI is InChI=1S/C15H19NO3/c1-18-13-5-2-4-11-8-12(19-14(11)13)9-16-10-15(17)6-3-7-15/h2,4-5,8,16-17H,3,6-7,9-10H2,1H3. The van der Waals surface area contributed by atoms with E-state index in [0.717, 1.165) is 41.7 Å². The molecule has 19 heavy (non-hydrogen) atoms. The molecule has 2 aromatic rings. The first kappa shape index (κ1) is 12.5. The van der Waals surface area contributed by atoms with Crippen LogP contribution in [0.3, 0.4) is 0 Å². The summed E-state index contributed by atoms with van der Waals surface area (Å²) in [6.45, 7) is 1.25. The first-order valence-electron chi connectivity index (χ1n) is 6.69. The number of fused-ring (bicyclic) bond motifs is 1. The molecular weight excluding hydrogens is 242 g/mol. The highest BCUT2D eigenvalue weighted by Crippen LogP contribution is 2.31. The van der Waals surface area contributed by atoms with Crippen molar-refractivity contribution in [1.82, 2.24) is 5.32 Å². The molecule has 1 saturated carbocycles. The molecule has 3 rings (SSSR count). The summed E-state index contributed by atoms with van der Waals surface area (Å²) in [4.78, 5) is 0. The normalized spacial score (nSPS) is 17.4. The van der Waals surface area contributed by atoms with E-state index in [1.54, 1.807) is 7.11 Å². The lowest BCUT2D eigenvalue weighted by Gasteiger charge is -2.36. The van der Waals surface area contributed by atoms with Crippen molar-refractivity contribution in [3.8, 4) is 5.75 Å². The van der Waals surface area contributed by atoms with Crippen molar-refractivity contribution >= 4 is 11.0 Å². The number of benzene rings is 1. The van der Waals surface area contributed by atoms with Gasteiger partial charge in [0.2, 0.25) is 0 Å². The van der Waals surface area contributed by atoms with E-state index in [9.17, 15) is 5.11 Å². The Bertz CT molecular complexity index is 572. The Morgan fingerprint density at radius 1 is 1.42 bits per heavy atom. The number of nitrogens with one attached hydrogen (secondary N) is 1. The second kappa shape index (κ2) is 4.87. The summed E-state index contributed by atoms with van der Waals surface area (Å²) in [5, 5.41) is 14.3. The minimum atomic E-state index is -0.496. The SMILES string of the molecule is COc1cccc2cc(CNCC3(O)CCC3)oc12. The molecule has 0 spiro atoms. The fraction of sp³-hybridized carbons (Fsp3) is 0.467. The summed E-state index contributed by atoms with van der Waals surface area (Å²) in [5.41, 5.74) is 0.285. The van der Waals surface area contributed by atoms with E-state index in [4.69, 9.17) is 9.15 Å². The molecule has 102 valence electrons. The lowest BCUT2D eigenvalue weighted by atomic mass is 9.80. The molecule has 4 heteroatoms. The number of rotatable bonds is 5. The predicted molar refractivity (Wildman–Crippen MR) is 73.3 cm³/mol. The summed E-state index contributed by atoms with van der Waals surface area (Å²) < 4.78 is 11.1. The van der Waals surface area contributed by atoms with Gasteiger partial charge < -0.3 is 19.6 Å². The molecule has 4 nitrogen and oxygen atoms in total. The first-order valence-corrected chi connectivity index (χ1v) is 6.69. The number of furan rings is 1. The van der Waals surface area contributed by atoms with E-state index in [-0.39, 0.29) is 0 Å². The summed E-state index contributed by atoms with van der Waals surface area (Å²) >= 11 is 0. The maximum atomic E-state index is 10.00. The molecule has 2 N–H and O–H groups in total. The average molecular weight is 261 g/mol. The van der Waals surface area contributed by atoms with Crippen molar-refractivity contribution in [2.24, 2.45) is 0 Å². The van der Waals surface area contributed by atoms with Crippen LogP contribution in [0.1, 0.15) is 25.0 Å². The van der Waals surface area contributed by atoms with Gasteiger partial charge in [-0.3, -0.25) is 0 Å². The topological polar surface area (TPSA) is 54.6 Å². The monoisotopic (exact) mass is 261 g/mol. The van der Waals surface area contributed by atoms with Crippen LogP contribution in [0.15, 0.2) is 28.7 Å². The first-order chi connectivity index (χ1) is 9.20. The summed E-state index contributed by atoms with van der Waals surface area (Å²) in [6, 6.07) is 7.85. The fourth-order valence-electron chi connectivity index (χ4n) is 2.52. The van der Waals surface area contributed by atoms with Crippen molar-refractivity contribution in [1.29, 1.82) is 0 Å². The van der Waals surface area contributed by atoms with E-state index in [0.29, 0.717) is 13.1 Å². The largest absolute Gasteiger partial charge is 0.493 e. The Morgan fingerprint density at radius 3 is 2.95 bits per heavy atom. The number of ether oxygens (including phenoxy) is 1. The molecular formula is C15H19NO3. The van der Waals surface area contributed by atoms with Gasteiger partial charge in [-0.2, -0.15) is 0 Å². The van der Waals surface area contributed by atoms with Crippen molar-refractivity contribution < 1.29 is 14.3 Å². The number of aliphatic hydroxyl groups is 1. The van der Waals surface area contributed by atoms with Crippen LogP contribution in [0.4, 0.5) is 0 Å². The van der Waals surface area contributed by atoms with Gasteiger partial charge in [-0.25, -0.2) is 0 Å². The molecule has 1 heterocycles. The van der Waals surface area contributed by atoms with Crippen LogP contribution >= 0.6 is 0 Å².